The van der Waals surface area contributed by atoms with Gasteiger partial charge in [0.15, 0.2) is 0 Å². The van der Waals surface area contributed by atoms with E-state index in [2.05, 4.69) is 36.2 Å². The van der Waals surface area contributed by atoms with E-state index in [1.54, 1.807) is 35.1 Å². The van der Waals surface area contributed by atoms with Gasteiger partial charge in [-0.25, -0.2) is 4.98 Å². The molecule has 6 amide bonds. The van der Waals surface area contributed by atoms with E-state index in [-0.39, 0.29) is 35.8 Å². The molecule has 16 nitrogen and oxygen atoms in total. The van der Waals surface area contributed by atoms with Crippen molar-refractivity contribution in [2.75, 3.05) is 36.8 Å². The van der Waals surface area contributed by atoms with Gasteiger partial charge in [-0.1, -0.05) is 12.5 Å². The monoisotopic (exact) mass is 772 g/mol. The normalized spacial score (nSPS) is 17.1. The van der Waals surface area contributed by atoms with Crippen molar-refractivity contribution in [3.63, 3.8) is 0 Å². The lowest BCUT2D eigenvalue weighted by atomic mass is 10.0. The Labute approximate surface area is 327 Å². The Hall–Kier alpha value is -6.42. The number of benzene rings is 3. The van der Waals surface area contributed by atoms with E-state index in [1.165, 1.54) is 12.8 Å². The molecule has 2 fully saturated rings. The minimum Gasteiger partial charge on any atom is -0.384 e. The van der Waals surface area contributed by atoms with E-state index in [4.69, 9.17) is 4.98 Å². The molecule has 294 valence electrons. The molecule has 2 aromatic heterocycles. The fourth-order valence-electron chi connectivity index (χ4n) is 7.84. The zero-order valence-electron chi connectivity index (χ0n) is 31.4. The van der Waals surface area contributed by atoms with Crippen molar-refractivity contribution < 1.29 is 28.8 Å². The van der Waals surface area contributed by atoms with E-state index < -0.39 is 29.7 Å². The Balaban J connectivity index is 0.753. The third-order valence-corrected chi connectivity index (χ3v) is 10.8. The van der Waals surface area contributed by atoms with Crippen LogP contribution in [0, 0.1) is 0 Å². The summed E-state index contributed by atoms with van der Waals surface area (Å²) in [6.07, 6.45) is 6.85. The third-order valence-electron chi connectivity index (χ3n) is 10.8. The van der Waals surface area contributed by atoms with Gasteiger partial charge in [-0.15, -0.1) is 0 Å². The van der Waals surface area contributed by atoms with Crippen molar-refractivity contribution >= 4 is 68.8 Å². The highest BCUT2D eigenvalue weighted by molar-refractivity contribution is 6.25. The second-order valence-corrected chi connectivity index (χ2v) is 14.8. The number of carbonyl (C=O) groups is 6. The van der Waals surface area contributed by atoms with Gasteiger partial charge >= 0.3 is 0 Å². The van der Waals surface area contributed by atoms with Gasteiger partial charge in [-0.05, 0) is 93.7 Å². The molecule has 0 spiro atoms. The average molecular weight is 773 g/mol. The molecular formula is C41H44N10O6. The van der Waals surface area contributed by atoms with E-state index >= 15 is 0 Å². The standard InChI is InChI=1S/C41H44N10O6/c52-35(9-2-1-3-16-42-30-8-6-7-28-37(30)41(57)51(40(28)56)33-14-15-36(53)48-39(33)55)43-17-20-50-32-13-10-25(21-26(32)23-44-50)38(54)45-27-11-12-29-31(22-27)47-34(46-29)24-49-18-4-5-19-49/h6-8,10-13,21-23,33,42H,1-5,9,14-20,24H2,(H,43,52)(H,45,54)(H,46,47)(H,48,53,55). The number of aromatic nitrogens is 4. The number of imidazole rings is 1. The van der Waals surface area contributed by atoms with Gasteiger partial charge in [-0.2, -0.15) is 5.10 Å². The SMILES string of the molecule is O=C(CCCCCNc1cccc2c1C(=O)N(C1CCC(=O)NC1=O)C2=O)NCCn1ncc2cc(C(=O)Nc3ccc4[nH]c(CN5CCCC5)nc4c3)ccc21. The first-order valence-electron chi connectivity index (χ1n) is 19.5. The fourth-order valence-corrected chi connectivity index (χ4v) is 7.84. The Bertz CT molecular complexity index is 2400. The number of unbranched alkanes of at least 4 members (excludes halogenated alkanes) is 2. The molecule has 16 heteroatoms. The van der Waals surface area contributed by atoms with Crippen LogP contribution in [0.15, 0.2) is 60.8 Å². The Morgan fingerprint density at radius 2 is 1.77 bits per heavy atom. The zero-order valence-corrected chi connectivity index (χ0v) is 31.4. The Morgan fingerprint density at radius 1 is 0.912 bits per heavy atom. The summed E-state index contributed by atoms with van der Waals surface area (Å²) in [5, 5.41) is 16.7. The highest BCUT2D eigenvalue weighted by Crippen LogP contribution is 2.32. The number of H-pyrrole nitrogens is 1. The predicted octanol–water partition coefficient (Wildman–Crippen LogP) is 3.95. The van der Waals surface area contributed by atoms with Crippen molar-refractivity contribution in [3.8, 4) is 0 Å². The second-order valence-electron chi connectivity index (χ2n) is 14.8. The molecule has 8 rings (SSSR count). The lowest BCUT2D eigenvalue weighted by molar-refractivity contribution is -0.136. The summed E-state index contributed by atoms with van der Waals surface area (Å²) in [4.78, 5) is 87.5. The first-order valence-corrected chi connectivity index (χ1v) is 19.5. The molecule has 3 aliphatic rings. The molecule has 57 heavy (non-hydrogen) atoms. The van der Waals surface area contributed by atoms with Gasteiger partial charge in [0.25, 0.3) is 17.7 Å². The summed E-state index contributed by atoms with van der Waals surface area (Å²) >= 11 is 0. The zero-order chi connectivity index (χ0) is 39.5. The highest BCUT2D eigenvalue weighted by Gasteiger charge is 2.45. The van der Waals surface area contributed by atoms with E-state index in [0.717, 1.165) is 65.1 Å². The quantitative estimate of drug-likeness (QED) is 0.0766. The lowest BCUT2D eigenvalue weighted by Crippen LogP contribution is -2.54. The molecule has 0 saturated carbocycles. The molecule has 0 aliphatic carbocycles. The van der Waals surface area contributed by atoms with Crippen molar-refractivity contribution in [1.29, 1.82) is 0 Å². The molecule has 3 aliphatic heterocycles. The third kappa shape index (κ3) is 8.12. The first-order chi connectivity index (χ1) is 27.7. The van der Waals surface area contributed by atoms with Gasteiger partial charge < -0.3 is 20.9 Å². The summed E-state index contributed by atoms with van der Waals surface area (Å²) in [5.41, 5.74) is 4.75. The molecular weight excluding hydrogens is 729 g/mol. The maximum atomic E-state index is 13.3. The van der Waals surface area contributed by atoms with Gasteiger partial charge in [0, 0.05) is 48.3 Å². The topological polar surface area (TPSA) is 204 Å². The van der Waals surface area contributed by atoms with Crippen LogP contribution in [-0.2, 0) is 27.5 Å². The summed E-state index contributed by atoms with van der Waals surface area (Å²) in [6, 6.07) is 15.1. The van der Waals surface area contributed by atoms with Crippen LogP contribution in [0.25, 0.3) is 21.9 Å². The van der Waals surface area contributed by atoms with Crippen LogP contribution in [0.1, 0.15) is 88.3 Å². The largest absolute Gasteiger partial charge is 0.384 e. The number of anilines is 2. The number of imide groups is 2. The number of aromatic amines is 1. The summed E-state index contributed by atoms with van der Waals surface area (Å²) in [6.45, 7) is 4.38. The molecule has 1 atom stereocenters. The van der Waals surface area contributed by atoms with E-state index in [1.807, 2.05) is 30.3 Å². The number of fused-ring (bicyclic) bond motifs is 3. The number of nitrogens with one attached hydrogen (secondary N) is 5. The number of likely N-dealkylation sites (tertiary alicyclic amines) is 1. The van der Waals surface area contributed by atoms with Crippen LogP contribution >= 0.6 is 0 Å². The molecule has 5 heterocycles. The van der Waals surface area contributed by atoms with Crippen molar-refractivity contribution in [2.45, 2.75) is 70.5 Å². The number of rotatable bonds is 15. The fraction of sp³-hybridized carbons (Fsp3) is 0.366. The number of amides is 6. The minimum atomic E-state index is -1.02. The summed E-state index contributed by atoms with van der Waals surface area (Å²) < 4.78 is 1.80. The predicted molar refractivity (Wildman–Crippen MR) is 211 cm³/mol. The maximum absolute atomic E-state index is 13.3. The number of piperidine rings is 1. The second kappa shape index (κ2) is 16.4. The van der Waals surface area contributed by atoms with Crippen molar-refractivity contribution in [2.24, 2.45) is 0 Å². The van der Waals surface area contributed by atoms with Gasteiger partial charge in [0.05, 0.1) is 47.0 Å². The van der Waals surface area contributed by atoms with Gasteiger partial charge in [0.1, 0.15) is 11.9 Å². The van der Waals surface area contributed by atoms with E-state index in [9.17, 15) is 28.8 Å². The van der Waals surface area contributed by atoms with Gasteiger partial charge in [-0.3, -0.25) is 48.6 Å². The molecule has 0 bridgehead atoms. The summed E-state index contributed by atoms with van der Waals surface area (Å²) in [7, 11) is 0. The summed E-state index contributed by atoms with van der Waals surface area (Å²) in [5.74, 6) is -1.53. The van der Waals surface area contributed by atoms with Crippen molar-refractivity contribution in [3.05, 3.63) is 83.3 Å². The first kappa shape index (κ1) is 37.5. The van der Waals surface area contributed by atoms with Crippen LogP contribution < -0.4 is 21.3 Å². The molecule has 5 N–H and O–H groups in total. The molecule has 0 radical (unpaired) electrons. The molecule has 3 aromatic carbocycles. The van der Waals surface area contributed by atoms with E-state index in [0.29, 0.717) is 49.4 Å². The van der Waals surface area contributed by atoms with Crippen LogP contribution in [0.5, 0.6) is 0 Å². The highest BCUT2D eigenvalue weighted by atomic mass is 16.2. The molecule has 1 unspecified atom stereocenters. The number of hydrogen-bond acceptors (Lipinski definition) is 10. The molecule has 5 aromatic rings. The lowest BCUT2D eigenvalue weighted by Gasteiger charge is -2.27. The number of hydrogen-bond donors (Lipinski definition) is 5. The van der Waals surface area contributed by atoms with Gasteiger partial charge in [0.2, 0.25) is 17.7 Å². The van der Waals surface area contributed by atoms with Crippen LogP contribution in [-0.4, -0.2) is 97.2 Å². The Morgan fingerprint density at radius 3 is 2.61 bits per heavy atom. The Kier molecular flexibility index (Phi) is 10.8. The minimum absolute atomic E-state index is 0.0602. The average Bonchev–Trinajstić information content (AvgIpc) is 4.00. The number of nitrogens with zero attached hydrogens (tertiary/aromatic N) is 5. The molecule has 2 saturated heterocycles. The van der Waals surface area contributed by atoms with Crippen LogP contribution in [0.4, 0.5) is 11.4 Å². The maximum Gasteiger partial charge on any atom is 0.264 e. The van der Waals surface area contributed by atoms with Crippen LogP contribution in [0.3, 0.4) is 0 Å². The number of carbonyl (C=O) groups excluding carboxylic acids is 6. The van der Waals surface area contributed by atoms with Crippen molar-refractivity contribution in [1.82, 2.24) is 40.2 Å². The smallest absolute Gasteiger partial charge is 0.264 e. The van der Waals surface area contributed by atoms with Crippen LogP contribution in [0.2, 0.25) is 0 Å².